The highest BCUT2D eigenvalue weighted by atomic mass is 35.5. The number of carbonyl (C=O) groups excluding carboxylic acids is 1. The van der Waals surface area contributed by atoms with Gasteiger partial charge in [-0.3, -0.25) is 9.78 Å². The minimum Gasteiger partial charge on any atom is -0.444 e. The van der Waals surface area contributed by atoms with Crippen LogP contribution in [0.5, 0.6) is 0 Å². The third-order valence-corrected chi connectivity index (χ3v) is 2.70. The molecule has 0 aliphatic heterocycles. The molecule has 0 saturated carbocycles. The third kappa shape index (κ3) is 2.68. The second-order valence-corrected chi connectivity index (χ2v) is 4.27. The van der Waals surface area contributed by atoms with Gasteiger partial charge in [0.2, 0.25) is 5.89 Å². The van der Waals surface area contributed by atoms with Gasteiger partial charge in [-0.1, -0.05) is 11.6 Å². The monoisotopic (exact) mass is 265 g/mol. The van der Waals surface area contributed by atoms with Crippen molar-refractivity contribution in [3.8, 4) is 0 Å². The van der Waals surface area contributed by atoms with Crippen LogP contribution in [0.4, 0.5) is 0 Å². The maximum absolute atomic E-state index is 12.0. The van der Waals surface area contributed by atoms with E-state index >= 15 is 0 Å². The van der Waals surface area contributed by atoms with Crippen molar-refractivity contribution in [1.29, 1.82) is 0 Å². The molecule has 18 heavy (non-hydrogen) atoms. The number of nitrogens with one attached hydrogen (secondary N) is 1. The lowest BCUT2D eigenvalue weighted by Gasteiger charge is -2.10. The van der Waals surface area contributed by atoms with E-state index in [9.17, 15) is 4.79 Å². The Hall–Kier alpha value is -1.88. The van der Waals surface area contributed by atoms with Gasteiger partial charge in [0, 0.05) is 12.4 Å². The van der Waals surface area contributed by atoms with E-state index in [1.165, 1.54) is 12.4 Å². The average molecular weight is 266 g/mol. The number of hydrogen-bond acceptors (Lipinski definition) is 4. The first-order valence-corrected chi connectivity index (χ1v) is 5.78. The van der Waals surface area contributed by atoms with Gasteiger partial charge in [-0.25, -0.2) is 4.98 Å². The van der Waals surface area contributed by atoms with E-state index in [1.807, 2.05) is 0 Å². The first kappa shape index (κ1) is 12.6. The summed E-state index contributed by atoms with van der Waals surface area (Å²) in [5.74, 6) is 0.850. The normalized spacial score (nSPS) is 12.2. The van der Waals surface area contributed by atoms with Crippen LogP contribution in [0.15, 0.2) is 29.1 Å². The van der Waals surface area contributed by atoms with Crippen LogP contribution < -0.4 is 5.32 Å². The van der Waals surface area contributed by atoms with Crippen molar-refractivity contribution >= 4 is 17.5 Å². The van der Waals surface area contributed by atoms with Crippen molar-refractivity contribution in [3.63, 3.8) is 0 Å². The Morgan fingerprint density at radius 1 is 1.50 bits per heavy atom. The number of hydrogen-bond donors (Lipinski definition) is 1. The Kier molecular flexibility index (Phi) is 3.62. The molecule has 0 spiro atoms. The molecule has 2 heterocycles. The highest BCUT2D eigenvalue weighted by molar-refractivity contribution is 6.33. The second-order valence-electron chi connectivity index (χ2n) is 3.86. The molecule has 1 N–H and O–H groups in total. The van der Waals surface area contributed by atoms with Crippen molar-refractivity contribution in [3.05, 3.63) is 46.9 Å². The molecule has 1 amide bonds. The van der Waals surface area contributed by atoms with E-state index in [2.05, 4.69) is 15.3 Å². The molecule has 94 valence electrons. The van der Waals surface area contributed by atoms with Crippen LogP contribution in [-0.2, 0) is 0 Å². The van der Waals surface area contributed by atoms with Gasteiger partial charge < -0.3 is 9.73 Å². The summed E-state index contributed by atoms with van der Waals surface area (Å²) < 4.78 is 5.34. The lowest BCUT2D eigenvalue weighted by atomic mass is 10.2. The molecule has 0 aromatic carbocycles. The smallest absolute Gasteiger partial charge is 0.255 e. The summed E-state index contributed by atoms with van der Waals surface area (Å²) in [5.41, 5.74) is 0.328. The number of pyridine rings is 1. The van der Waals surface area contributed by atoms with E-state index in [4.69, 9.17) is 16.0 Å². The molecule has 0 aliphatic rings. The molecule has 5 nitrogen and oxygen atoms in total. The summed E-state index contributed by atoms with van der Waals surface area (Å²) >= 11 is 5.91. The Morgan fingerprint density at radius 2 is 2.28 bits per heavy atom. The zero-order valence-corrected chi connectivity index (χ0v) is 10.7. The van der Waals surface area contributed by atoms with E-state index in [1.54, 1.807) is 26.1 Å². The summed E-state index contributed by atoms with van der Waals surface area (Å²) in [6.07, 6.45) is 4.56. The van der Waals surface area contributed by atoms with Crippen molar-refractivity contribution in [2.45, 2.75) is 19.9 Å². The summed E-state index contributed by atoms with van der Waals surface area (Å²) in [6, 6.07) is 1.23. The number of nitrogens with zero attached hydrogens (tertiary/aromatic N) is 2. The van der Waals surface area contributed by atoms with Crippen LogP contribution in [0.3, 0.4) is 0 Å². The highest BCUT2D eigenvalue weighted by Crippen LogP contribution is 2.16. The molecular formula is C12H12ClN3O2. The third-order valence-electron chi connectivity index (χ3n) is 2.37. The number of carbonyl (C=O) groups is 1. The molecular weight excluding hydrogens is 254 g/mol. The van der Waals surface area contributed by atoms with E-state index in [0.717, 1.165) is 0 Å². The van der Waals surface area contributed by atoms with E-state index in [0.29, 0.717) is 22.2 Å². The van der Waals surface area contributed by atoms with Crippen LogP contribution >= 0.6 is 11.6 Å². The zero-order chi connectivity index (χ0) is 13.1. The summed E-state index contributed by atoms with van der Waals surface area (Å²) in [5, 5.41) is 3.11. The van der Waals surface area contributed by atoms with Crippen LogP contribution in [0, 0.1) is 6.92 Å². The van der Waals surface area contributed by atoms with Gasteiger partial charge in [0.15, 0.2) is 0 Å². The number of rotatable bonds is 3. The topological polar surface area (TPSA) is 68.0 Å². The number of aryl methyl sites for hydroxylation is 1. The fourth-order valence-electron chi connectivity index (χ4n) is 1.45. The standard InChI is InChI=1S/C12H12ClN3O2/c1-7-5-15-12(18-7)8(2)16-11(17)9-6-14-4-3-10(9)13/h3-6,8H,1-2H3,(H,16,17). The Morgan fingerprint density at radius 3 is 2.89 bits per heavy atom. The Balaban J connectivity index is 2.10. The molecule has 0 radical (unpaired) electrons. The van der Waals surface area contributed by atoms with Gasteiger partial charge in [-0.2, -0.15) is 0 Å². The largest absolute Gasteiger partial charge is 0.444 e. The Bertz CT molecular complexity index is 568. The summed E-state index contributed by atoms with van der Waals surface area (Å²) in [4.78, 5) is 19.9. The summed E-state index contributed by atoms with van der Waals surface area (Å²) in [6.45, 7) is 3.58. The van der Waals surface area contributed by atoms with Crippen LogP contribution in [0.2, 0.25) is 5.02 Å². The number of halogens is 1. The van der Waals surface area contributed by atoms with Gasteiger partial charge in [-0.15, -0.1) is 0 Å². The van der Waals surface area contributed by atoms with Crippen LogP contribution in [0.25, 0.3) is 0 Å². The fourth-order valence-corrected chi connectivity index (χ4v) is 1.64. The molecule has 6 heteroatoms. The number of aromatic nitrogens is 2. The minimum atomic E-state index is -0.331. The molecule has 0 bridgehead atoms. The van der Waals surface area contributed by atoms with Gasteiger partial charge in [0.25, 0.3) is 5.91 Å². The maximum atomic E-state index is 12.0. The summed E-state index contributed by atoms with van der Waals surface area (Å²) in [7, 11) is 0. The molecule has 2 aromatic heterocycles. The van der Waals surface area contributed by atoms with Crippen molar-refractivity contribution in [1.82, 2.24) is 15.3 Å². The predicted octanol–water partition coefficient (Wildman–Crippen LogP) is 2.52. The van der Waals surface area contributed by atoms with Crippen LogP contribution in [0.1, 0.15) is 35.0 Å². The molecule has 0 aliphatic carbocycles. The lowest BCUT2D eigenvalue weighted by Crippen LogP contribution is -2.27. The predicted molar refractivity (Wildman–Crippen MR) is 66.4 cm³/mol. The second kappa shape index (κ2) is 5.18. The Labute approximate surface area is 109 Å². The molecule has 0 saturated heterocycles. The quantitative estimate of drug-likeness (QED) is 0.926. The van der Waals surface area contributed by atoms with Crippen molar-refractivity contribution in [2.75, 3.05) is 0 Å². The highest BCUT2D eigenvalue weighted by Gasteiger charge is 2.17. The van der Waals surface area contributed by atoms with E-state index < -0.39 is 0 Å². The average Bonchev–Trinajstić information content (AvgIpc) is 2.76. The molecule has 1 unspecified atom stereocenters. The zero-order valence-electron chi connectivity index (χ0n) is 9.98. The first-order valence-electron chi connectivity index (χ1n) is 5.40. The maximum Gasteiger partial charge on any atom is 0.255 e. The van der Waals surface area contributed by atoms with Gasteiger partial charge in [-0.05, 0) is 19.9 Å². The molecule has 2 aromatic rings. The molecule has 1 atom stereocenters. The van der Waals surface area contributed by atoms with Crippen molar-refractivity contribution in [2.24, 2.45) is 0 Å². The first-order chi connectivity index (χ1) is 8.58. The van der Waals surface area contributed by atoms with E-state index in [-0.39, 0.29) is 11.9 Å². The van der Waals surface area contributed by atoms with Gasteiger partial charge in [0.1, 0.15) is 11.8 Å². The van der Waals surface area contributed by atoms with Crippen LogP contribution in [-0.4, -0.2) is 15.9 Å². The fraction of sp³-hybridized carbons (Fsp3) is 0.250. The van der Waals surface area contributed by atoms with Gasteiger partial charge in [0.05, 0.1) is 16.8 Å². The molecule has 2 rings (SSSR count). The molecule has 0 fully saturated rings. The number of oxazole rings is 1. The SMILES string of the molecule is Cc1cnc(C(C)NC(=O)c2cnccc2Cl)o1. The van der Waals surface area contributed by atoms with Gasteiger partial charge >= 0.3 is 0 Å². The minimum absolute atomic E-state index is 0.309. The lowest BCUT2D eigenvalue weighted by molar-refractivity contribution is 0.0933. The number of amides is 1. The van der Waals surface area contributed by atoms with Crippen molar-refractivity contribution < 1.29 is 9.21 Å².